The number of rotatable bonds is 3. The molecule has 2 nitrogen and oxygen atoms in total. The third-order valence-corrected chi connectivity index (χ3v) is 3.91. The van der Waals surface area contributed by atoms with E-state index in [0.717, 1.165) is 6.61 Å². The van der Waals surface area contributed by atoms with Gasteiger partial charge in [-0.3, -0.25) is 4.90 Å². The molecule has 1 aliphatic heterocycles. The minimum Gasteiger partial charge on any atom is -0.357 e. The van der Waals surface area contributed by atoms with Crippen LogP contribution in [0.4, 0.5) is 0 Å². The molecule has 2 atom stereocenters. The van der Waals surface area contributed by atoms with E-state index in [2.05, 4.69) is 73.3 Å². The van der Waals surface area contributed by atoms with Gasteiger partial charge in [0.2, 0.25) is 0 Å². The Morgan fingerprint density at radius 1 is 0.900 bits per heavy atom. The number of ether oxygens (including phenoxy) is 1. The molecule has 0 amide bonds. The number of hydrogen-bond donors (Lipinski definition) is 0. The Hall–Kier alpha value is -1.64. The molecule has 0 unspecified atom stereocenters. The van der Waals surface area contributed by atoms with E-state index in [-0.39, 0.29) is 6.23 Å². The predicted octanol–water partition coefficient (Wildman–Crippen LogP) is 4.17. The van der Waals surface area contributed by atoms with Crippen LogP contribution < -0.4 is 0 Å². The summed E-state index contributed by atoms with van der Waals surface area (Å²) in [5.41, 5.74) is 2.57. The van der Waals surface area contributed by atoms with Gasteiger partial charge in [0, 0.05) is 6.04 Å². The molecule has 0 spiro atoms. The number of benzene rings is 2. The van der Waals surface area contributed by atoms with Crippen LogP contribution >= 0.6 is 0 Å². The summed E-state index contributed by atoms with van der Waals surface area (Å²) in [4.78, 5) is 2.46. The largest absolute Gasteiger partial charge is 0.357 e. The van der Waals surface area contributed by atoms with Crippen molar-refractivity contribution in [3.8, 4) is 0 Å². The maximum Gasteiger partial charge on any atom is 0.137 e. The fourth-order valence-electron chi connectivity index (χ4n) is 2.98. The third-order valence-electron chi connectivity index (χ3n) is 3.91. The molecule has 2 heteroatoms. The molecule has 1 fully saturated rings. The lowest BCUT2D eigenvalue weighted by atomic mass is 10.0. The normalized spacial score (nSPS) is 23.4. The lowest BCUT2D eigenvalue weighted by molar-refractivity contribution is 0.0125. The van der Waals surface area contributed by atoms with Gasteiger partial charge in [-0.05, 0) is 25.0 Å². The number of nitrogens with zero attached hydrogens (tertiary/aromatic N) is 1. The van der Waals surface area contributed by atoms with E-state index in [9.17, 15) is 0 Å². The van der Waals surface area contributed by atoms with Crippen molar-refractivity contribution in [1.82, 2.24) is 4.90 Å². The minimum atomic E-state index is 0.0569. The summed E-state index contributed by atoms with van der Waals surface area (Å²) >= 11 is 0. The molecule has 1 aliphatic rings. The first-order valence-corrected chi connectivity index (χ1v) is 7.26. The molecule has 0 N–H and O–H groups in total. The Kier molecular flexibility index (Phi) is 3.86. The van der Waals surface area contributed by atoms with Crippen LogP contribution in [0.2, 0.25) is 0 Å². The lowest BCUT2D eigenvalue weighted by Gasteiger charge is -2.32. The van der Waals surface area contributed by atoms with Gasteiger partial charge in [0.05, 0.1) is 12.6 Å². The smallest absolute Gasteiger partial charge is 0.137 e. The van der Waals surface area contributed by atoms with Crippen molar-refractivity contribution >= 4 is 0 Å². The molecule has 0 saturated carbocycles. The molecule has 3 rings (SSSR count). The van der Waals surface area contributed by atoms with Crippen molar-refractivity contribution in [2.75, 3.05) is 6.61 Å². The zero-order chi connectivity index (χ0) is 13.9. The van der Waals surface area contributed by atoms with Gasteiger partial charge in [0.25, 0.3) is 0 Å². The Morgan fingerprint density at radius 2 is 1.45 bits per heavy atom. The molecule has 2 aromatic rings. The summed E-state index contributed by atoms with van der Waals surface area (Å²) in [7, 11) is 0. The quantitative estimate of drug-likeness (QED) is 0.827. The molecule has 0 radical (unpaired) electrons. The molecule has 1 saturated heterocycles. The van der Waals surface area contributed by atoms with Crippen molar-refractivity contribution in [1.29, 1.82) is 0 Å². The third kappa shape index (κ3) is 2.49. The second kappa shape index (κ2) is 5.78. The summed E-state index contributed by atoms with van der Waals surface area (Å²) < 4.78 is 6.11. The van der Waals surface area contributed by atoms with Crippen molar-refractivity contribution in [3.05, 3.63) is 71.8 Å². The standard InChI is InChI=1S/C18H21NO/c1-14(2)19-17(15-9-5-3-6-10-15)13-20-18(19)16-11-7-4-8-12-16/h3-12,14,17-18H,13H2,1-2H3/t17-,18-/m0/s1. The summed E-state index contributed by atoms with van der Waals surface area (Å²) in [6, 6.07) is 21.9. The molecule has 0 aliphatic carbocycles. The van der Waals surface area contributed by atoms with Crippen LogP contribution in [0.25, 0.3) is 0 Å². The molecular weight excluding hydrogens is 246 g/mol. The molecule has 1 heterocycles. The zero-order valence-electron chi connectivity index (χ0n) is 12.1. The Labute approximate surface area is 121 Å². The summed E-state index contributed by atoms with van der Waals surface area (Å²) in [6.07, 6.45) is 0.0569. The van der Waals surface area contributed by atoms with Gasteiger partial charge in [-0.25, -0.2) is 0 Å². The summed E-state index contributed by atoms with van der Waals surface area (Å²) in [5, 5.41) is 0. The lowest BCUT2D eigenvalue weighted by Crippen LogP contribution is -2.33. The minimum absolute atomic E-state index is 0.0569. The maximum absolute atomic E-state index is 6.11. The summed E-state index contributed by atoms with van der Waals surface area (Å²) in [5.74, 6) is 0. The Bertz CT molecular complexity index is 490. The Balaban J connectivity index is 1.92. The van der Waals surface area contributed by atoms with Gasteiger partial charge >= 0.3 is 0 Å². The van der Waals surface area contributed by atoms with E-state index >= 15 is 0 Å². The highest BCUT2D eigenvalue weighted by atomic mass is 16.5. The monoisotopic (exact) mass is 267 g/mol. The van der Waals surface area contributed by atoms with Gasteiger partial charge in [-0.2, -0.15) is 0 Å². The number of hydrogen-bond acceptors (Lipinski definition) is 2. The molecule has 20 heavy (non-hydrogen) atoms. The van der Waals surface area contributed by atoms with E-state index in [4.69, 9.17) is 4.74 Å². The van der Waals surface area contributed by atoms with E-state index in [1.54, 1.807) is 0 Å². The maximum atomic E-state index is 6.11. The molecule has 104 valence electrons. The highest BCUT2D eigenvalue weighted by molar-refractivity contribution is 5.24. The van der Waals surface area contributed by atoms with E-state index in [0.29, 0.717) is 12.1 Å². The zero-order valence-corrected chi connectivity index (χ0v) is 12.1. The van der Waals surface area contributed by atoms with Gasteiger partial charge in [-0.15, -0.1) is 0 Å². The fourth-order valence-corrected chi connectivity index (χ4v) is 2.98. The van der Waals surface area contributed by atoms with Gasteiger partial charge < -0.3 is 4.74 Å². The van der Waals surface area contributed by atoms with Crippen LogP contribution in [0.1, 0.15) is 37.2 Å². The summed E-state index contributed by atoms with van der Waals surface area (Å²) in [6.45, 7) is 5.23. The SMILES string of the molecule is CC(C)N1[C@H](c2ccccc2)CO[C@H]1c1ccccc1. The van der Waals surface area contributed by atoms with Crippen LogP contribution in [0.15, 0.2) is 60.7 Å². The van der Waals surface area contributed by atoms with Crippen molar-refractivity contribution < 1.29 is 4.74 Å². The van der Waals surface area contributed by atoms with Crippen molar-refractivity contribution in [2.24, 2.45) is 0 Å². The first-order valence-electron chi connectivity index (χ1n) is 7.26. The molecular formula is C18H21NO. The van der Waals surface area contributed by atoms with Gasteiger partial charge in [-0.1, -0.05) is 60.7 Å². The fraction of sp³-hybridized carbons (Fsp3) is 0.333. The van der Waals surface area contributed by atoms with Crippen LogP contribution in [-0.4, -0.2) is 17.5 Å². The van der Waals surface area contributed by atoms with E-state index in [1.807, 2.05) is 6.07 Å². The average molecular weight is 267 g/mol. The van der Waals surface area contributed by atoms with Crippen molar-refractivity contribution in [3.63, 3.8) is 0 Å². The molecule has 0 aromatic heterocycles. The second-order valence-electron chi connectivity index (χ2n) is 5.56. The highest BCUT2D eigenvalue weighted by Crippen LogP contribution is 2.39. The Morgan fingerprint density at radius 3 is 2.00 bits per heavy atom. The van der Waals surface area contributed by atoms with Gasteiger partial charge in [0.1, 0.15) is 6.23 Å². The van der Waals surface area contributed by atoms with Gasteiger partial charge in [0.15, 0.2) is 0 Å². The van der Waals surface area contributed by atoms with Crippen LogP contribution in [0.3, 0.4) is 0 Å². The molecule has 2 aromatic carbocycles. The first kappa shape index (κ1) is 13.3. The van der Waals surface area contributed by atoms with Crippen LogP contribution in [0, 0.1) is 0 Å². The molecule has 0 bridgehead atoms. The van der Waals surface area contributed by atoms with Crippen molar-refractivity contribution in [2.45, 2.75) is 32.2 Å². The predicted molar refractivity (Wildman–Crippen MR) is 81.3 cm³/mol. The average Bonchev–Trinajstić information content (AvgIpc) is 2.94. The second-order valence-corrected chi connectivity index (χ2v) is 5.56. The topological polar surface area (TPSA) is 12.5 Å². The van der Waals surface area contributed by atoms with E-state index in [1.165, 1.54) is 11.1 Å². The van der Waals surface area contributed by atoms with E-state index < -0.39 is 0 Å². The van der Waals surface area contributed by atoms with Crippen LogP contribution in [0.5, 0.6) is 0 Å². The van der Waals surface area contributed by atoms with Crippen LogP contribution in [-0.2, 0) is 4.74 Å². The first-order chi connectivity index (χ1) is 9.77. The highest BCUT2D eigenvalue weighted by Gasteiger charge is 2.37.